The summed E-state index contributed by atoms with van der Waals surface area (Å²) in [6.45, 7) is 4.90. The van der Waals surface area contributed by atoms with Crippen molar-refractivity contribution in [3.05, 3.63) is 29.8 Å². The molecule has 0 amide bonds. The van der Waals surface area contributed by atoms with Crippen molar-refractivity contribution in [2.45, 2.75) is 71.6 Å². The molecular weight excluding hydrogens is 284 g/mol. The van der Waals surface area contributed by atoms with Crippen LogP contribution in [0.2, 0.25) is 0 Å². The predicted molar refractivity (Wildman–Crippen MR) is 96.1 cm³/mol. The largest absolute Gasteiger partial charge is 0.494 e. The van der Waals surface area contributed by atoms with Gasteiger partial charge in [0.05, 0.1) is 6.61 Å². The van der Waals surface area contributed by atoms with E-state index in [4.69, 9.17) is 4.74 Å². The van der Waals surface area contributed by atoms with Crippen molar-refractivity contribution in [3.63, 3.8) is 0 Å². The van der Waals surface area contributed by atoms with E-state index in [1.165, 1.54) is 51.4 Å². The van der Waals surface area contributed by atoms with Gasteiger partial charge in [0.2, 0.25) is 0 Å². The number of Topliss-reactive ketones (excluding diaryl/α,β-unsaturated/α-hetero) is 1. The average Bonchev–Trinajstić information content (AvgIpc) is 2.57. The van der Waals surface area contributed by atoms with Crippen molar-refractivity contribution in [1.82, 2.24) is 0 Å². The van der Waals surface area contributed by atoms with E-state index in [0.29, 0.717) is 18.3 Å². The Morgan fingerprint density at radius 2 is 1.65 bits per heavy atom. The Morgan fingerprint density at radius 1 is 1.00 bits per heavy atom. The number of ketones is 1. The minimum atomic E-state index is 0.294. The van der Waals surface area contributed by atoms with Gasteiger partial charge in [-0.2, -0.15) is 0 Å². The molecule has 1 aromatic carbocycles. The first-order valence-electron chi connectivity index (χ1n) is 9.49. The van der Waals surface area contributed by atoms with Crippen molar-refractivity contribution in [2.24, 2.45) is 11.8 Å². The number of rotatable bonds is 9. The Bertz CT molecular complexity index is 455. The third-order valence-corrected chi connectivity index (χ3v) is 5.14. The molecule has 128 valence electrons. The van der Waals surface area contributed by atoms with E-state index in [0.717, 1.165) is 23.7 Å². The molecule has 0 spiro atoms. The molecule has 0 aliphatic heterocycles. The van der Waals surface area contributed by atoms with Gasteiger partial charge in [-0.3, -0.25) is 4.79 Å². The maximum absolute atomic E-state index is 12.4. The Morgan fingerprint density at radius 3 is 2.26 bits per heavy atom. The molecule has 0 atom stereocenters. The van der Waals surface area contributed by atoms with E-state index >= 15 is 0 Å². The molecule has 0 unspecified atom stereocenters. The van der Waals surface area contributed by atoms with E-state index in [2.05, 4.69) is 6.92 Å². The Kier molecular flexibility index (Phi) is 7.64. The van der Waals surface area contributed by atoms with E-state index in [1.807, 2.05) is 31.2 Å². The Balaban J connectivity index is 1.74. The summed E-state index contributed by atoms with van der Waals surface area (Å²) < 4.78 is 5.43. The van der Waals surface area contributed by atoms with Crippen molar-refractivity contribution in [1.29, 1.82) is 0 Å². The highest BCUT2D eigenvalue weighted by molar-refractivity contribution is 5.96. The molecule has 2 nitrogen and oxygen atoms in total. The molecule has 1 aromatic rings. The van der Waals surface area contributed by atoms with Crippen LogP contribution in [0, 0.1) is 11.8 Å². The van der Waals surface area contributed by atoms with Gasteiger partial charge in [0.1, 0.15) is 5.75 Å². The summed E-state index contributed by atoms with van der Waals surface area (Å²) in [5.74, 6) is 2.65. The second-order valence-electron chi connectivity index (χ2n) is 6.97. The predicted octanol–water partition coefficient (Wildman–Crippen LogP) is 6.04. The van der Waals surface area contributed by atoms with Gasteiger partial charge in [-0.15, -0.1) is 0 Å². The maximum atomic E-state index is 12.4. The Labute approximate surface area is 141 Å². The quantitative estimate of drug-likeness (QED) is 0.410. The normalized spacial score (nSPS) is 21.1. The molecule has 23 heavy (non-hydrogen) atoms. The molecule has 1 aliphatic carbocycles. The summed E-state index contributed by atoms with van der Waals surface area (Å²) in [7, 11) is 0. The van der Waals surface area contributed by atoms with Crippen LogP contribution in [0.3, 0.4) is 0 Å². The molecule has 1 fully saturated rings. The van der Waals surface area contributed by atoms with Crippen molar-refractivity contribution in [2.75, 3.05) is 6.61 Å². The van der Waals surface area contributed by atoms with Crippen LogP contribution in [0.4, 0.5) is 0 Å². The highest BCUT2D eigenvalue weighted by atomic mass is 16.5. The molecule has 0 saturated heterocycles. The summed E-state index contributed by atoms with van der Waals surface area (Å²) in [4.78, 5) is 12.4. The Hall–Kier alpha value is -1.31. The van der Waals surface area contributed by atoms with Gasteiger partial charge in [-0.25, -0.2) is 0 Å². The van der Waals surface area contributed by atoms with Gasteiger partial charge >= 0.3 is 0 Å². The SMILES string of the molecule is CCCCC[C@H]1CC[C@H](CC(=O)c2ccc(OCC)cc2)CC1. The van der Waals surface area contributed by atoms with Gasteiger partial charge in [0.15, 0.2) is 5.78 Å². The van der Waals surface area contributed by atoms with Gasteiger partial charge in [0, 0.05) is 12.0 Å². The fraction of sp³-hybridized carbons (Fsp3) is 0.667. The van der Waals surface area contributed by atoms with Gasteiger partial charge < -0.3 is 4.74 Å². The monoisotopic (exact) mass is 316 g/mol. The lowest BCUT2D eigenvalue weighted by Crippen LogP contribution is -2.17. The first-order valence-corrected chi connectivity index (χ1v) is 9.49. The highest BCUT2D eigenvalue weighted by Gasteiger charge is 2.23. The molecule has 0 radical (unpaired) electrons. The lowest BCUT2D eigenvalue weighted by Gasteiger charge is -2.28. The summed E-state index contributed by atoms with van der Waals surface area (Å²) in [6, 6.07) is 7.62. The van der Waals surface area contributed by atoms with Crippen LogP contribution >= 0.6 is 0 Å². The van der Waals surface area contributed by atoms with Crippen LogP contribution in [-0.2, 0) is 0 Å². The molecule has 2 rings (SSSR count). The summed E-state index contributed by atoms with van der Waals surface area (Å²) in [6.07, 6.45) is 11.3. The number of hydrogen-bond donors (Lipinski definition) is 0. The molecule has 1 aliphatic rings. The van der Waals surface area contributed by atoms with E-state index in [-0.39, 0.29) is 0 Å². The standard InChI is InChI=1S/C21H32O2/c1-3-5-6-7-17-8-10-18(11-9-17)16-21(22)19-12-14-20(15-13-19)23-4-2/h12-15,17-18H,3-11,16H2,1-2H3/t17-,18-. The molecular formula is C21H32O2. The van der Waals surface area contributed by atoms with Gasteiger partial charge in [-0.05, 0) is 55.9 Å². The van der Waals surface area contributed by atoms with E-state index < -0.39 is 0 Å². The van der Waals surface area contributed by atoms with Crippen LogP contribution < -0.4 is 4.74 Å². The molecule has 2 heteroatoms. The van der Waals surface area contributed by atoms with Crippen LogP contribution in [0.5, 0.6) is 5.75 Å². The van der Waals surface area contributed by atoms with Crippen LogP contribution in [0.15, 0.2) is 24.3 Å². The zero-order chi connectivity index (χ0) is 16.5. The zero-order valence-electron chi connectivity index (χ0n) is 14.9. The number of hydrogen-bond acceptors (Lipinski definition) is 2. The third-order valence-electron chi connectivity index (χ3n) is 5.14. The van der Waals surface area contributed by atoms with Gasteiger partial charge in [-0.1, -0.05) is 45.4 Å². The van der Waals surface area contributed by atoms with Crippen LogP contribution in [0.25, 0.3) is 0 Å². The summed E-state index contributed by atoms with van der Waals surface area (Å²) >= 11 is 0. The van der Waals surface area contributed by atoms with Crippen LogP contribution in [-0.4, -0.2) is 12.4 Å². The van der Waals surface area contributed by atoms with E-state index in [1.54, 1.807) is 0 Å². The van der Waals surface area contributed by atoms with Crippen molar-refractivity contribution < 1.29 is 9.53 Å². The molecule has 0 heterocycles. The third kappa shape index (κ3) is 6.01. The lowest BCUT2D eigenvalue weighted by atomic mass is 9.77. The summed E-state index contributed by atoms with van der Waals surface area (Å²) in [5, 5.41) is 0. The van der Waals surface area contributed by atoms with Crippen molar-refractivity contribution in [3.8, 4) is 5.75 Å². The minimum absolute atomic E-state index is 0.294. The molecule has 0 N–H and O–H groups in total. The lowest BCUT2D eigenvalue weighted by molar-refractivity contribution is 0.0941. The minimum Gasteiger partial charge on any atom is -0.494 e. The molecule has 0 aromatic heterocycles. The van der Waals surface area contributed by atoms with Crippen LogP contribution in [0.1, 0.15) is 82.0 Å². The van der Waals surface area contributed by atoms with Crippen molar-refractivity contribution >= 4 is 5.78 Å². The number of unbranched alkanes of at least 4 members (excludes halogenated alkanes) is 2. The number of benzene rings is 1. The second kappa shape index (κ2) is 9.75. The smallest absolute Gasteiger partial charge is 0.163 e. The van der Waals surface area contributed by atoms with Gasteiger partial charge in [0.25, 0.3) is 0 Å². The average molecular weight is 316 g/mol. The molecule has 1 saturated carbocycles. The fourth-order valence-electron chi connectivity index (χ4n) is 3.69. The zero-order valence-corrected chi connectivity index (χ0v) is 14.9. The fourth-order valence-corrected chi connectivity index (χ4v) is 3.69. The summed E-state index contributed by atoms with van der Waals surface area (Å²) in [5.41, 5.74) is 0.832. The first-order chi connectivity index (χ1) is 11.2. The number of carbonyl (C=O) groups excluding carboxylic acids is 1. The topological polar surface area (TPSA) is 26.3 Å². The first kappa shape index (κ1) is 18.0. The maximum Gasteiger partial charge on any atom is 0.163 e. The number of ether oxygens (including phenoxy) is 1. The molecule has 0 bridgehead atoms. The highest BCUT2D eigenvalue weighted by Crippen LogP contribution is 2.34. The number of carbonyl (C=O) groups is 1. The second-order valence-corrected chi connectivity index (χ2v) is 6.97. The van der Waals surface area contributed by atoms with E-state index in [9.17, 15) is 4.79 Å².